The van der Waals surface area contributed by atoms with Crippen molar-refractivity contribution in [3.63, 3.8) is 0 Å². The molecule has 0 radical (unpaired) electrons. The number of carbonyl (C=O) groups excluding carboxylic acids is 1. The van der Waals surface area contributed by atoms with Crippen LogP contribution < -0.4 is 0 Å². The van der Waals surface area contributed by atoms with Crippen molar-refractivity contribution in [2.24, 2.45) is 0 Å². The maximum Gasteiger partial charge on any atom is 0.165 e. The van der Waals surface area contributed by atoms with Gasteiger partial charge in [-0.05, 0) is 55.6 Å². The third kappa shape index (κ3) is 5.98. The van der Waals surface area contributed by atoms with Gasteiger partial charge in [0.2, 0.25) is 0 Å². The molecule has 1 fully saturated rings. The molecule has 0 amide bonds. The first-order valence-electron chi connectivity index (χ1n) is 9.63. The fourth-order valence-corrected chi connectivity index (χ4v) is 4.03. The molecule has 3 rings (SSSR count). The molecule has 0 unspecified atom stereocenters. The number of piperidine rings is 1. The Morgan fingerprint density at radius 2 is 1.79 bits per heavy atom. The van der Waals surface area contributed by atoms with E-state index in [1.165, 1.54) is 6.07 Å². The van der Waals surface area contributed by atoms with Gasteiger partial charge in [-0.15, -0.1) is 0 Å². The number of benzene rings is 2. The number of aliphatic hydroxyl groups is 1. The Bertz CT molecular complexity index is 883. The number of rotatable bonds is 7. The monoisotopic (exact) mass is 441 g/mol. The highest BCUT2D eigenvalue weighted by Gasteiger charge is 2.32. The van der Waals surface area contributed by atoms with Crippen LogP contribution in [0.25, 0.3) is 0 Å². The second-order valence-electron chi connectivity index (χ2n) is 7.64. The Balaban J connectivity index is 1.44. The molecule has 29 heavy (non-hydrogen) atoms. The third-order valence-electron chi connectivity index (χ3n) is 5.41. The predicted molar refractivity (Wildman–Crippen MR) is 111 cm³/mol. The second kappa shape index (κ2) is 9.52. The normalized spacial score (nSPS) is 16.7. The minimum Gasteiger partial charge on any atom is -0.389 e. The van der Waals surface area contributed by atoms with Crippen LogP contribution >= 0.6 is 23.2 Å². The fourth-order valence-electron chi connectivity index (χ4n) is 3.71. The van der Waals surface area contributed by atoms with E-state index in [4.69, 9.17) is 23.2 Å². The molecule has 1 N–H and O–H groups in total. The molecular formula is C22H23Cl2F2NO2. The number of nitrogens with zero attached hydrogens (tertiary/aromatic N) is 1. The SMILES string of the molecule is O=C(CCCN1CCC(O)(Cc2ccc(Cl)c(Cl)c2)CC1)c1ccc(F)cc1F. The lowest BCUT2D eigenvalue weighted by atomic mass is 9.85. The van der Waals surface area contributed by atoms with E-state index in [9.17, 15) is 18.7 Å². The van der Waals surface area contributed by atoms with Crippen LogP contribution in [0.15, 0.2) is 36.4 Å². The van der Waals surface area contributed by atoms with Crippen molar-refractivity contribution in [2.75, 3.05) is 19.6 Å². The molecule has 0 spiro atoms. The largest absolute Gasteiger partial charge is 0.389 e. The summed E-state index contributed by atoms with van der Waals surface area (Å²) in [5, 5.41) is 11.9. The van der Waals surface area contributed by atoms with Crippen molar-refractivity contribution in [1.29, 1.82) is 0 Å². The summed E-state index contributed by atoms with van der Waals surface area (Å²) in [7, 11) is 0. The fraction of sp³-hybridized carbons (Fsp3) is 0.409. The maximum atomic E-state index is 13.7. The van der Waals surface area contributed by atoms with Gasteiger partial charge in [0.05, 0.1) is 21.2 Å². The van der Waals surface area contributed by atoms with Gasteiger partial charge in [-0.1, -0.05) is 29.3 Å². The van der Waals surface area contributed by atoms with Crippen molar-refractivity contribution in [1.82, 2.24) is 4.90 Å². The molecular weight excluding hydrogens is 419 g/mol. The van der Waals surface area contributed by atoms with Crippen molar-refractivity contribution in [2.45, 2.75) is 37.7 Å². The van der Waals surface area contributed by atoms with E-state index in [2.05, 4.69) is 4.90 Å². The van der Waals surface area contributed by atoms with Crippen molar-refractivity contribution in [3.8, 4) is 0 Å². The van der Waals surface area contributed by atoms with E-state index in [0.717, 1.165) is 30.8 Å². The highest BCUT2D eigenvalue weighted by atomic mass is 35.5. The highest BCUT2D eigenvalue weighted by Crippen LogP contribution is 2.29. The molecule has 1 heterocycles. The Morgan fingerprint density at radius 3 is 2.45 bits per heavy atom. The number of carbonyl (C=O) groups is 1. The van der Waals surface area contributed by atoms with E-state index in [-0.39, 0.29) is 17.8 Å². The van der Waals surface area contributed by atoms with E-state index in [1.807, 2.05) is 6.07 Å². The van der Waals surface area contributed by atoms with E-state index in [1.54, 1.807) is 12.1 Å². The smallest absolute Gasteiger partial charge is 0.165 e. The quantitative estimate of drug-likeness (QED) is 0.592. The van der Waals surface area contributed by atoms with Crippen LogP contribution in [0.1, 0.15) is 41.6 Å². The average molecular weight is 442 g/mol. The summed E-state index contributed by atoms with van der Waals surface area (Å²) in [4.78, 5) is 14.3. The Labute approximate surface area is 179 Å². The minimum atomic E-state index is -0.819. The number of halogens is 4. The average Bonchev–Trinajstić information content (AvgIpc) is 2.66. The lowest BCUT2D eigenvalue weighted by molar-refractivity contribution is -0.0207. The van der Waals surface area contributed by atoms with Crippen LogP contribution in [-0.2, 0) is 6.42 Å². The number of ketones is 1. The highest BCUT2D eigenvalue weighted by molar-refractivity contribution is 6.42. The topological polar surface area (TPSA) is 40.5 Å². The number of hydrogen-bond donors (Lipinski definition) is 1. The zero-order valence-electron chi connectivity index (χ0n) is 15.9. The molecule has 1 aliphatic rings. The standard InChI is InChI=1S/C22H23Cl2F2NO2/c23-18-6-3-15(12-19(18)24)14-22(29)7-10-27(11-8-22)9-1-2-21(28)17-5-4-16(25)13-20(17)26/h3-6,12-13,29H,1-2,7-11,14H2. The summed E-state index contributed by atoms with van der Waals surface area (Å²) >= 11 is 12.0. The van der Waals surface area contributed by atoms with Crippen LogP contribution in [0.4, 0.5) is 8.78 Å². The molecule has 0 aromatic heterocycles. The van der Waals surface area contributed by atoms with Crippen molar-refractivity contribution >= 4 is 29.0 Å². The molecule has 0 bridgehead atoms. The first-order valence-corrected chi connectivity index (χ1v) is 10.4. The molecule has 7 heteroatoms. The number of Topliss-reactive ketones (excluding diaryl/α,β-unsaturated/α-hetero) is 1. The second-order valence-corrected chi connectivity index (χ2v) is 8.46. The van der Waals surface area contributed by atoms with E-state index < -0.39 is 17.2 Å². The van der Waals surface area contributed by atoms with Crippen LogP contribution in [0, 0.1) is 11.6 Å². The van der Waals surface area contributed by atoms with Gasteiger partial charge < -0.3 is 10.0 Å². The maximum absolute atomic E-state index is 13.7. The van der Waals surface area contributed by atoms with Crippen molar-refractivity contribution in [3.05, 3.63) is 69.2 Å². The summed E-state index contributed by atoms with van der Waals surface area (Å²) in [6, 6.07) is 8.41. The van der Waals surface area contributed by atoms with Gasteiger partial charge in [0.25, 0.3) is 0 Å². The summed E-state index contributed by atoms with van der Waals surface area (Å²) < 4.78 is 26.6. The van der Waals surface area contributed by atoms with Crippen LogP contribution in [0.2, 0.25) is 10.0 Å². The number of hydrogen-bond acceptors (Lipinski definition) is 3. The van der Waals surface area contributed by atoms with E-state index in [0.29, 0.717) is 42.3 Å². The molecule has 0 saturated carbocycles. The van der Waals surface area contributed by atoms with Gasteiger partial charge in [-0.2, -0.15) is 0 Å². The molecule has 2 aromatic rings. The Morgan fingerprint density at radius 1 is 1.07 bits per heavy atom. The molecule has 0 atom stereocenters. The molecule has 156 valence electrons. The first-order chi connectivity index (χ1) is 13.8. The first kappa shape index (κ1) is 22.2. The molecule has 3 nitrogen and oxygen atoms in total. The predicted octanol–water partition coefficient (Wildman–Crippen LogP) is 5.30. The summed E-state index contributed by atoms with van der Waals surface area (Å²) in [5.41, 5.74) is 0.0871. The molecule has 1 aliphatic heterocycles. The molecule has 2 aromatic carbocycles. The molecule has 1 saturated heterocycles. The van der Waals surface area contributed by atoms with Gasteiger partial charge in [-0.25, -0.2) is 8.78 Å². The van der Waals surface area contributed by atoms with Crippen LogP contribution in [0.3, 0.4) is 0 Å². The summed E-state index contributed by atoms with van der Waals surface area (Å²) in [6.45, 7) is 2.13. The Hall–Kier alpha value is -1.53. The minimum absolute atomic E-state index is 0.0685. The lowest BCUT2D eigenvalue weighted by Crippen LogP contribution is -2.45. The van der Waals surface area contributed by atoms with Crippen LogP contribution in [-0.4, -0.2) is 41.0 Å². The zero-order chi connectivity index (χ0) is 21.0. The Kier molecular flexibility index (Phi) is 7.28. The summed E-state index contributed by atoms with van der Waals surface area (Å²) in [6.07, 6.45) is 2.54. The van der Waals surface area contributed by atoms with Crippen LogP contribution in [0.5, 0.6) is 0 Å². The third-order valence-corrected chi connectivity index (χ3v) is 6.15. The van der Waals surface area contributed by atoms with Gasteiger partial charge in [0.15, 0.2) is 5.78 Å². The number of likely N-dealkylation sites (tertiary alicyclic amines) is 1. The van der Waals surface area contributed by atoms with E-state index >= 15 is 0 Å². The summed E-state index contributed by atoms with van der Waals surface area (Å²) in [5.74, 6) is -1.84. The van der Waals surface area contributed by atoms with Crippen molar-refractivity contribution < 1.29 is 18.7 Å². The van der Waals surface area contributed by atoms with Gasteiger partial charge in [0.1, 0.15) is 11.6 Å². The van der Waals surface area contributed by atoms with Gasteiger partial charge in [0, 0.05) is 32.0 Å². The molecule has 0 aliphatic carbocycles. The van der Waals surface area contributed by atoms with Gasteiger partial charge in [-0.3, -0.25) is 4.79 Å². The zero-order valence-corrected chi connectivity index (χ0v) is 17.4. The van der Waals surface area contributed by atoms with Gasteiger partial charge >= 0.3 is 0 Å². The lowest BCUT2D eigenvalue weighted by Gasteiger charge is -2.38.